The lowest BCUT2D eigenvalue weighted by Gasteiger charge is -2.18. The van der Waals surface area contributed by atoms with E-state index in [2.05, 4.69) is 9.72 Å². The summed E-state index contributed by atoms with van der Waals surface area (Å²) in [5.74, 6) is -1.90. The predicted octanol–water partition coefficient (Wildman–Crippen LogP) is 3.80. The Balaban J connectivity index is 3.52. The van der Waals surface area contributed by atoms with E-state index in [1.54, 1.807) is 0 Å². The van der Waals surface area contributed by atoms with Crippen LogP contribution < -0.4 is 4.74 Å². The van der Waals surface area contributed by atoms with Crippen molar-refractivity contribution >= 4 is 11.6 Å². The Morgan fingerprint density at radius 3 is 2.25 bits per heavy atom. The summed E-state index contributed by atoms with van der Waals surface area (Å²) in [5, 5.41) is 8.44. The molecule has 0 bridgehead atoms. The lowest BCUT2D eigenvalue weighted by molar-refractivity contribution is -0.276. The van der Waals surface area contributed by atoms with Gasteiger partial charge in [-0.25, -0.2) is 0 Å². The van der Waals surface area contributed by atoms with Gasteiger partial charge in [0.15, 0.2) is 0 Å². The molecular formula is C10H5ClF6N2O. The molecule has 0 N–H and O–H groups in total. The standard InChI is InChI=1S/C10H5ClF6N2O/c11-4-5-3-7(20-10(15,16)17)8(9(12,13)14)6(19-5)1-2-18/h3H,1,4H2. The van der Waals surface area contributed by atoms with Crippen LogP contribution in [0.5, 0.6) is 5.75 Å². The largest absolute Gasteiger partial charge is 0.573 e. The van der Waals surface area contributed by atoms with E-state index in [4.69, 9.17) is 16.9 Å². The first-order chi connectivity index (χ1) is 9.08. The van der Waals surface area contributed by atoms with Gasteiger partial charge >= 0.3 is 12.5 Å². The van der Waals surface area contributed by atoms with E-state index in [1.807, 2.05) is 0 Å². The van der Waals surface area contributed by atoms with Crippen molar-refractivity contribution in [3.8, 4) is 11.8 Å². The highest BCUT2D eigenvalue weighted by molar-refractivity contribution is 6.16. The Labute approximate surface area is 113 Å². The molecule has 1 rings (SSSR count). The van der Waals surface area contributed by atoms with E-state index in [-0.39, 0.29) is 5.69 Å². The van der Waals surface area contributed by atoms with Crippen LogP contribution in [0.1, 0.15) is 17.0 Å². The molecule has 0 spiro atoms. The number of aromatic nitrogens is 1. The van der Waals surface area contributed by atoms with E-state index >= 15 is 0 Å². The van der Waals surface area contributed by atoms with E-state index in [9.17, 15) is 26.3 Å². The van der Waals surface area contributed by atoms with Gasteiger partial charge in [0, 0.05) is 6.07 Å². The van der Waals surface area contributed by atoms with Crippen LogP contribution in [0.2, 0.25) is 0 Å². The van der Waals surface area contributed by atoms with E-state index in [0.29, 0.717) is 6.07 Å². The lowest BCUT2D eigenvalue weighted by atomic mass is 10.1. The molecular weight excluding hydrogens is 314 g/mol. The fourth-order valence-electron chi connectivity index (χ4n) is 1.41. The summed E-state index contributed by atoms with van der Waals surface area (Å²) in [4.78, 5) is 3.42. The third kappa shape index (κ3) is 4.16. The highest BCUT2D eigenvalue weighted by Gasteiger charge is 2.42. The first kappa shape index (κ1) is 16.4. The van der Waals surface area contributed by atoms with Gasteiger partial charge in [0.25, 0.3) is 0 Å². The zero-order chi connectivity index (χ0) is 15.6. The summed E-state index contributed by atoms with van der Waals surface area (Å²) in [5.41, 5.74) is -2.85. The second kappa shape index (κ2) is 5.75. The van der Waals surface area contributed by atoms with Crippen molar-refractivity contribution < 1.29 is 31.1 Å². The van der Waals surface area contributed by atoms with Gasteiger partial charge in [-0.2, -0.15) is 18.4 Å². The molecule has 1 heterocycles. The van der Waals surface area contributed by atoms with Crippen LogP contribution in [0, 0.1) is 11.3 Å². The predicted molar refractivity (Wildman–Crippen MR) is 54.8 cm³/mol. The number of nitrogens with zero attached hydrogens (tertiary/aromatic N) is 2. The molecule has 20 heavy (non-hydrogen) atoms. The molecule has 0 fully saturated rings. The summed E-state index contributed by atoms with van der Waals surface area (Å²) in [7, 11) is 0. The van der Waals surface area contributed by atoms with Crippen molar-refractivity contribution in [1.82, 2.24) is 4.98 Å². The molecule has 0 saturated carbocycles. The van der Waals surface area contributed by atoms with Crippen molar-refractivity contribution in [3.05, 3.63) is 23.0 Å². The monoisotopic (exact) mass is 318 g/mol. The maximum Gasteiger partial charge on any atom is 0.573 e. The molecule has 110 valence electrons. The Bertz CT molecular complexity index is 534. The van der Waals surface area contributed by atoms with Crippen molar-refractivity contribution in [2.45, 2.75) is 24.8 Å². The van der Waals surface area contributed by atoms with Gasteiger partial charge in [-0.1, -0.05) is 0 Å². The second-order valence-corrected chi connectivity index (χ2v) is 3.71. The fourth-order valence-corrected chi connectivity index (χ4v) is 1.54. The van der Waals surface area contributed by atoms with Crippen LogP contribution in [0.25, 0.3) is 0 Å². The molecule has 0 saturated heterocycles. The summed E-state index contributed by atoms with van der Waals surface area (Å²) in [6.45, 7) is 0. The molecule has 0 aliphatic heterocycles. The van der Waals surface area contributed by atoms with Crippen molar-refractivity contribution in [1.29, 1.82) is 5.26 Å². The number of pyridine rings is 1. The SMILES string of the molecule is N#CCc1nc(CCl)cc(OC(F)(F)F)c1C(F)(F)F. The number of alkyl halides is 7. The van der Waals surface area contributed by atoms with Gasteiger partial charge in [-0.15, -0.1) is 24.8 Å². The first-order valence-corrected chi connectivity index (χ1v) is 5.40. The van der Waals surface area contributed by atoms with Crippen LogP contribution in [0.15, 0.2) is 6.07 Å². The third-order valence-corrected chi connectivity index (χ3v) is 2.28. The number of nitriles is 1. The van der Waals surface area contributed by atoms with Crippen LogP contribution >= 0.6 is 11.6 Å². The summed E-state index contributed by atoms with van der Waals surface area (Å²) in [6, 6.07) is 1.84. The molecule has 0 radical (unpaired) electrons. The van der Waals surface area contributed by atoms with Gasteiger partial charge in [0.05, 0.1) is 29.8 Å². The Morgan fingerprint density at radius 2 is 1.85 bits per heavy atom. The van der Waals surface area contributed by atoms with Gasteiger partial charge in [-0.05, 0) is 0 Å². The molecule has 0 amide bonds. The zero-order valence-electron chi connectivity index (χ0n) is 9.44. The number of ether oxygens (including phenoxy) is 1. The summed E-state index contributed by atoms with van der Waals surface area (Å²) in [6.07, 6.45) is -11.3. The quantitative estimate of drug-likeness (QED) is 0.629. The van der Waals surface area contributed by atoms with Crippen molar-refractivity contribution in [2.75, 3.05) is 0 Å². The number of hydrogen-bond donors (Lipinski definition) is 0. The molecule has 0 unspecified atom stereocenters. The van der Waals surface area contributed by atoms with E-state index in [0.717, 1.165) is 0 Å². The number of halogens is 7. The average molecular weight is 319 g/mol. The van der Waals surface area contributed by atoms with E-state index < -0.39 is 41.8 Å². The van der Waals surface area contributed by atoms with Gasteiger partial charge < -0.3 is 4.74 Å². The molecule has 1 aromatic rings. The summed E-state index contributed by atoms with van der Waals surface area (Å²) >= 11 is 5.35. The molecule has 1 aromatic heterocycles. The van der Waals surface area contributed by atoms with Crippen LogP contribution in [-0.2, 0) is 18.5 Å². The van der Waals surface area contributed by atoms with Gasteiger partial charge in [0.2, 0.25) is 0 Å². The Morgan fingerprint density at radius 1 is 1.25 bits per heavy atom. The normalized spacial score (nSPS) is 12.1. The Kier molecular flexibility index (Phi) is 4.70. The molecule has 0 aliphatic carbocycles. The molecule has 0 atom stereocenters. The minimum absolute atomic E-state index is 0.260. The van der Waals surface area contributed by atoms with E-state index in [1.165, 1.54) is 6.07 Å². The van der Waals surface area contributed by atoms with Crippen molar-refractivity contribution in [3.63, 3.8) is 0 Å². The molecule has 0 aromatic carbocycles. The molecule has 3 nitrogen and oxygen atoms in total. The highest BCUT2D eigenvalue weighted by atomic mass is 35.5. The van der Waals surface area contributed by atoms with Gasteiger partial charge in [-0.3, -0.25) is 4.98 Å². The van der Waals surface area contributed by atoms with Crippen LogP contribution in [0.4, 0.5) is 26.3 Å². The highest BCUT2D eigenvalue weighted by Crippen LogP contribution is 2.40. The number of hydrogen-bond acceptors (Lipinski definition) is 3. The Hall–Kier alpha value is -1.69. The smallest absolute Gasteiger partial charge is 0.405 e. The molecule has 0 aliphatic rings. The topological polar surface area (TPSA) is 45.9 Å². The average Bonchev–Trinajstić information content (AvgIpc) is 2.24. The maximum absolute atomic E-state index is 12.8. The third-order valence-electron chi connectivity index (χ3n) is 2.00. The first-order valence-electron chi connectivity index (χ1n) is 4.87. The van der Waals surface area contributed by atoms with Crippen LogP contribution in [-0.4, -0.2) is 11.3 Å². The fraction of sp³-hybridized carbons (Fsp3) is 0.400. The van der Waals surface area contributed by atoms with Crippen LogP contribution in [0.3, 0.4) is 0 Å². The minimum atomic E-state index is -5.31. The zero-order valence-corrected chi connectivity index (χ0v) is 10.2. The molecule has 10 heteroatoms. The van der Waals surface area contributed by atoms with Crippen molar-refractivity contribution in [2.24, 2.45) is 0 Å². The maximum atomic E-state index is 12.8. The van der Waals surface area contributed by atoms with Gasteiger partial charge in [0.1, 0.15) is 11.3 Å². The summed E-state index contributed by atoms with van der Waals surface area (Å²) < 4.78 is 78.3. The lowest BCUT2D eigenvalue weighted by Crippen LogP contribution is -2.22. The number of rotatable bonds is 3. The minimum Gasteiger partial charge on any atom is -0.405 e. The second-order valence-electron chi connectivity index (χ2n) is 3.45.